The zero-order chi connectivity index (χ0) is 15.4. The number of carbonyl (C=O) groups excluding carboxylic acids is 1. The molecular weight excluding hydrogens is 311 g/mol. The summed E-state index contributed by atoms with van der Waals surface area (Å²) in [6, 6.07) is 8.44. The van der Waals surface area contributed by atoms with Gasteiger partial charge in [-0.25, -0.2) is 0 Å². The van der Waals surface area contributed by atoms with Crippen molar-refractivity contribution in [1.82, 2.24) is 9.88 Å². The molecule has 0 saturated carbocycles. The summed E-state index contributed by atoms with van der Waals surface area (Å²) in [6.07, 6.45) is 1.66. The monoisotopic (exact) mass is 326 g/mol. The Labute approximate surface area is 133 Å². The molecular formula is C15H16Cl2N2O2. The lowest BCUT2D eigenvalue weighted by molar-refractivity contribution is 0.0941. The van der Waals surface area contributed by atoms with E-state index in [-0.39, 0.29) is 5.91 Å². The average Bonchev–Trinajstić information content (AvgIpc) is 2.87. The van der Waals surface area contributed by atoms with Gasteiger partial charge in [-0.15, -0.1) is 0 Å². The molecule has 0 aliphatic rings. The SMILES string of the molecule is Cn1cccc1C(O)CCNC(=O)c1cc(Cl)ccc1Cl. The summed E-state index contributed by atoms with van der Waals surface area (Å²) >= 11 is 11.8. The van der Waals surface area contributed by atoms with Crippen molar-refractivity contribution in [2.75, 3.05) is 6.54 Å². The molecule has 0 aliphatic carbocycles. The Hall–Kier alpha value is -1.49. The summed E-state index contributed by atoms with van der Waals surface area (Å²) in [5, 5.41) is 13.6. The van der Waals surface area contributed by atoms with Gasteiger partial charge in [0.05, 0.1) is 16.7 Å². The Morgan fingerprint density at radius 1 is 1.38 bits per heavy atom. The van der Waals surface area contributed by atoms with E-state index in [9.17, 15) is 9.90 Å². The molecule has 2 rings (SSSR count). The van der Waals surface area contributed by atoms with Crippen molar-refractivity contribution in [1.29, 1.82) is 0 Å². The van der Waals surface area contributed by atoms with Gasteiger partial charge in [0.15, 0.2) is 0 Å². The second kappa shape index (κ2) is 6.98. The van der Waals surface area contributed by atoms with Crippen LogP contribution < -0.4 is 5.32 Å². The fourth-order valence-electron chi connectivity index (χ4n) is 2.06. The van der Waals surface area contributed by atoms with E-state index < -0.39 is 6.10 Å². The van der Waals surface area contributed by atoms with Crippen LogP contribution in [0.2, 0.25) is 10.0 Å². The van der Waals surface area contributed by atoms with Crippen molar-refractivity contribution in [3.8, 4) is 0 Å². The lowest BCUT2D eigenvalue weighted by Gasteiger charge is -2.13. The minimum atomic E-state index is -0.625. The van der Waals surface area contributed by atoms with Gasteiger partial charge in [-0.3, -0.25) is 4.79 Å². The van der Waals surface area contributed by atoms with Crippen LogP contribution >= 0.6 is 23.2 Å². The van der Waals surface area contributed by atoms with Gasteiger partial charge in [-0.2, -0.15) is 0 Å². The van der Waals surface area contributed by atoms with Crippen LogP contribution in [-0.4, -0.2) is 22.1 Å². The van der Waals surface area contributed by atoms with Gasteiger partial charge in [-0.05, 0) is 36.8 Å². The summed E-state index contributed by atoms with van der Waals surface area (Å²) in [5.74, 6) is -0.304. The number of carbonyl (C=O) groups is 1. The zero-order valence-electron chi connectivity index (χ0n) is 11.5. The van der Waals surface area contributed by atoms with E-state index in [2.05, 4.69) is 5.32 Å². The minimum absolute atomic E-state index is 0.304. The Morgan fingerprint density at radius 3 is 2.81 bits per heavy atom. The number of aliphatic hydroxyl groups is 1. The molecule has 2 aromatic rings. The number of rotatable bonds is 5. The van der Waals surface area contributed by atoms with E-state index >= 15 is 0 Å². The third-order valence-electron chi connectivity index (χ3n) is 3.20. The summed E-state index contributed by atoms with van der Waals surface area (Å²) in [4.78, 5) is 12.0. The molecule has 112 valence electrons. The Balaban J connectivity index is 1.90. The number of nitrogens with zero attached hydrogens (tertiary/aromatic N) is 1. The molecule has 1 heterocycles. The van der Waals surface area contributed by atoms with Crippen molar-refractivity contribution in [2.24, 2.45) is 7.05 Å². The number of aryl methyl sites for hydroxylation is 1. The first-order valence-corrected chi connectivity index (χ1v) is 7.27. The number of hydrogen-bond donors (Lipinski definition) is 2. The van der Waals surface area contributed by atoms with E-state index in [1.807, 2.05) is 29.9 Å². The second-order valence-corrected chi connectivity index (χ2v) is 5.57. The lowest BCUT2D eigenvalue weighted by Crippen LogP contribution is -2.26. The van der Waals surface area contributed by atoms with Crippen LogP contribution in [0.1, 0.15) is 28.6 Å². The maximum Gasteiger partial charge on any atom is 0.252 e. The van der Waals surface area contributed by atoms with Crippen LogP contribution in [0.15, 0.2) is 36.5 Å². The summed E-state index contributed by atoms with van der Waals surface area (Å²) < 4.78 is 1.85. The highest BCUT2D eigenvalue weighted by molar-refractivity contribution is 6.35. The van der Waals surface area contributed by atoms with Crippen LogP contribution in [0.4, 0.5) is 0 Å². The molecule has 1 aromatic carbocycles. The Kier molecular flexibility index (Phi) is 5.28. The van der Waals surface area contributed by atoms with E-state index in [1.165, 1.54) is 6.07 Å². The first-order chi connectivity index (χ1) is 9.99. The number of nitrogens with one attached hydrogen (secondary N) is 1. The Morgan fingerprint density at radius 2 is 2.14 bits per heavy atom. The molecule has 1 amide bonds. The number of aliphatic hydroxyl groups excluding tert-OH is 1. The van der Waals surface area contributed by atoms with Gasteiger partial charge in [0.25, 0.3) is 5.91 Å². The molecule has 1 aromatic heterocycles. The van der Waals surface area contributed by atoms with Crippen LogP contribution in [0.25, 0.3) is 0 Å². The summed E-state index contributed by atoms with van der Waals surface area (Å²) in [5.41, 5.74) is 1.14. The van der Waals surface area contributed by atoms with Crippen molar-refractivity contribution in [3.05, 3.63) is 57.8 Å². The normalized spacial score (nSPS) is 12.2. The molecule has 0 aliphatic heterocycles. The first-order valence-electron chi connectivity index (χ1n) is 6.51. The van der Waals surface area contributed by atoms with Crippen molar-refractivity contribution >= 4 is 29.1 Å². The predicted molar refractivity (Wildman–Crippen MR) is 83.8 cm³/mol. The summed E-state index contributed by atoms with van der Waals surface area (Å²) in [6.45, 7) is 0.341. The molecule has 4 nitrogen and oxygen atoms in total. The molecule has 0 fully saturated rings. The lowest BCUT2D eigenvalue weighted by atomic mass is 10.1. The fourth-order valence-corrected chi connectivity index (χ4v) is 2.43. The molecule has 1 unspecified atom stereocenters. The number of halogens is 2. The number of amides is 1. The van der Waals surface area contributed by atoms with E-state index in [0.717, 1.165) is 5.69 Å². The smallest absolute Gasteiger partial charge is 0.252 e. The molecule has 21 heavy (non-hydrogen) atoms. The molecule has 0 saturated heterocycles. The van der Waals surface area contributed by atoms with Gasteiger partial charge < -0.3 is 15.0 Å². The van der Waals surface area contributed by atoms with E-state index in [0.29, 0.717) is 28.6 Å². The number of hydrogen-bond acceptors (Lipinski definition) is 2. The van der Waals surface area contributed by atoms with Crippen LogP contribution in [0.3, 0.4) is 0 Å². The number of benzene rings is 1. The van der Waals surface area contributed by atoms with Gasteiger partial charge in [0.2, 0.25) is 0 Å². The maximum atomic E-state index is 12.0. The minimum Gasteiger partial charge on any atom is -0.387 e. The topological polar surface area (TPSA) is 54.3 Å². The number of aromatic nitrogens is 1. The molecule has 0 spiro atoms. The Bertz CT molecular complexity index is 640. The van der Waals surface area contributed by atoms with Gasteiger partial charge in [-0.1, -0.05) is 23.2 Å². The average molecular weight is 327 g/mol. The van der Waals surface area contributed by atoms with Gasteiger partial charge in [0.1, 0.15) is 0 Å². The summed E-state index contributed by atoms with van der Waals surface area (Å²) in [7, 11) is 1.86. The molecule has 6 heteroatoms. The highest BCUT2D eigenvalue weighted by atomic mass is 35.5. The van der Waals surface area contributed by atoms with Crippen molar-refractivity contribution < 1.29 is 9.90 Å². The van der Waals surface area contributed by atoms with Crippen molar-refractivity contribution in [3.63, 3.8) is 0 Å². The maximum absolute atomic E-state index is 12.0. The third-order valence-corrected chi connectivity index (χ3v) is 3.77. The standard InChI is InChI=1S/C15H16Cl2N2O2/c1-19-8-2-3-13(19)14(20)6-7-18-15(21)11-9-10(16)4-5-12(11)17/h2-5,8-9,14,20H,6-7H2,1H3,(H,18,21). The second-order valence-electron chi connectivity index (χ2n) is 4.73. The first kappa shape index (κ1) is 15.9. The molecule has 0 radical (unpaired) electrons. The molecule has 1 atom stereocenters. The highest BCUT2D eigenvalue weighted by Gasteiger charge is 2.13. The van der Waals surface area contributed by atoms with E-state index in [4.69, 9.17) is 23.2 Å². The third kappa shape index (κ3) is 4.00. The van der Waals surface area contributed by atoms with E-state index in [1.54, 1.807) is 12.1 Å². The molecule has 2 N–H and O–H groups in total. The zero-order valence-corrected chi connectivity index (χ0v) is 13.0. The van der Waals surface area contributed by atoms with Crippen LogP contribution in [0.5, 0.6) is 0 Å². The molecule has 0 bridgehead atoms. The van der Waals surface area contributed by atoms with Crippen molar-refractivity contribution in [2.45, 2.75) is 12.5 Å². The fraction of sp³-hybridized carbons (Fsp3) is 0.267. The van der Waals surface area contributed by atoms with Gasteiger partial charge in [0, 0.05) is 30.5 Å². The largest absolute Gasteiger partial charge is 0.387 e. The van der Waals surface area contributed by atoms with Gasteiger partial charge >= 0.3 is 0 Å². The highest BCUT2D eigenvalue weighted by Crippen LogP contribution is 2.21. The van der Waals surface area contributed by atoms with Crippen LogP contribution in [-0.2, 0) is 7.05 Å². The predicted octanol–water partition coefficient (Wildman–Crippen LogP) is 3.19. The quantitative estimate of drug-likeness (QED) is 0.886. The van der Waals surface area contributed by atoms with Crippen LogP contribution in [0, 0.1) is 0 Å².